The van der Waals surface area contributed by atoms with Gasteiger partial charge in [0.25, 0.3) is 5.69 Å². The Hall–Kier alpha value is -2.95. The highest BCUT2D eigenvalue weighted by atomic mass is 16.6. The number of non-ortho nitro benzene ring substituents is 1. The van der Waals surface area contributed by atoms with Crippen LogP contribution in [0.25, 0.3) is 11.3 Å². The first-order chi connectivity index (χ1) is 10.6. The Morgan fingerprint density at radius 3 is 2.41 bits per heavy atom. The van der Waals surface area contributed by atoms with Crippen molar-refractivity contribution in [2.24, 2.45) is 0 Å². The molecule has 0 aliphatic carbocycles. The fourth-order valence-electron chi connectivity index (χ4n) is 2.41. The quantitative estimate of drug-likeness (QED) is 0.542. The van der Waals surface area contributed by atoms with Crippen LogP contribution < -0.4 is 0 Å². The van der Waals surface area contributed by atoms with E-state index in [9.17, 15) is 10.1 Å². The zero-order valence-corrected chi connectivity index (χ0v) is 12.1. The number of nitro groups is 1. The lowest BCUT2D eigenvalue weighted by Gasteiger charge is -2.07. The molecule has 3 aromatic rings. The minimum absolute atomic E-state index is 0.0922. The van der Waals surface area contributed by atoms with Crippen LogP contribution in [0.2, 0.25) is 0 Å². The SMILES string of the molecule is Cc1cc(-c2ccc([N+](=O)[O-])cc2)n(Cc2ccccc2)n1. The number of nitro benzene ring substituents is 1. The van der Waals surface area contributed by atoms with Gasteiger partial charge in [-0.2, -0.15) is 5.10 Å². The van der Waals surface area contributed by atoms with Crippen molar-refractivity contribution < 1.29 is 4.92 Å². The molecule has 0 saturated heterocycles. The highest BCUT2D eigenvalue weighted by molar-refractivity contribution is 5.62. The summed E-state index contributed by atoms with van der Waals surface area (Å²) in [5, 5.41) is 15.3. The van der Waals surface area contributed by atoms with Crippen LogP contribution in [0.15, 0.2) is 60.7 Å². The van der Waals surface area contributed by atoms with Gasteiger partial charge in [-0.05, 0) is 30.7 Å². The highest BCUT2D eigenvalue weighted by Crippen LogP contribution is 2.24. The molecule has 0 fully saturated rings. The summed E-state index contributed by atoms with van der Waals surface area (Å²) in [5.41, 5.74) is 4.05. The standard InChI is InChI=1S/C17H15N3O2/c1-13-11-17(15-7-9-16(10-8-15)20(21)22)19(18-13)12-14-5-3-2-4-6-14/h2-11H,12H2,1H3. The second-order valence-corrected chi connectivity index (χ2v) is 5.12. The van der Waals surface area contributed by atoms with Crippen molar-refractivity contribution in [2.75, 3.05) is 0 Å². The lowest BCUT2D eigenvalue weighted by atomic mass is 10.1. The Morgan fingerprint density at radius 2 is 1.77 bits per heavy atom. The predicted molar refractivity (Wildman–Crippen MR) is 84.6 cm³/mol. The van der Waals surface area contributed by atoms with E-state index in [1.807, 2.05) is 35.9 Å². The Kier molecular flexibility index (Phi) is 3.70. The first-order valence-corrected chi connectivity index (χ1v) is 6.97. The number of aryl methyl sites for hydroxylation is 1. The van der Waals surface area contributed by atoms with Crippen LogP contribution in [0.1, 0.15) is 11.3 Å². The molecule has 22 heavy (non-hydrogen) atoms. The normalized spacial score (nSPS) is 10.6. The summed E-state index contributed by atoms with van der Waals surface area (Å²) in [4.78, 5) is 10.4. The molecule has 0 radical (unpaired) electrons. The number of nitrogens with zero attached hydrogens (tertiary/aromatic N) is 3. The van der Waals surface area contributed by atoms with E-state index in [0.29, 0.717) is 6.54 Å². The van der Waals surface area contributed by atoms with E-state index in [2.05, 4.69) is 17.2 Å². The molecule has 5 nitrogen and oxygen atoms in total. The molecule has 0 unspecified atom stereocenters. The lowest BCUT2D eigenvalue weighted by Crippen LogP contribution is -2.03. The third-order valence-electron chi connectivity index (χ3n) is 3.45. The van der Waals surface area contributed by atoms with Gasteiger partial charge in [0.05, 0.1) is 22.9 Å². The van der Waals surface area contributed by atoms with E-state index in [1.54, 1.807) is 12.1 Å². The zero-order chi connectivity index (χ0) is 15.5. The Labute approximate surface area is 128 Å². The van der Waals surface area contributed by atoms with Gasteiger partial charge in [0.2, 0.25) is 0 Å². The number of benzene rings is 2. The number of hydrogen-bond acceptors (Lipinski definition) is 3. The summed E-state index contributed by atoms with van der Waals surface area (Å²) in [6.07, 6.45) is 0. The Balaban J connectivity index is 1.95. The van der Waals surface area contributed by atoms with Gasteiger partial charge in [-0.3, -0.25) is 14.8 Å². The molecule has 110 valence electrons. The molecule has 0 aliphatic heterocycles. The van der Waals surface area contributed by atoms with E-state index in [0.717, 1.165) is 22.5 Å². The van der Waals surface area contributed by atoms with Gasteiger partial charge in [-0.1, -0.05) is 30.3 Å². The van der Waals surface area contributed by atoms with Crippen molar-refractivity contribution in [1.29, 1.82) is 0 Å². The largest absolute Gasteiger partial charge is 0.269 e. The van der Waals surface area contributed by atoms with Crippen LogP contribution in [-0.4, -0.2) is 14.7 Å². The molecule has 1 heterocycles. The third-order valence-corrected chi connectivity index (χ3v) is 3.45. The maximum atomic E-state index is 10.7. The third kappa shape index (κ3) is 2.88. The summed E-state index contributed by atoms with van der Waals surface area (Å²) >= 11 is 0. The van der Waals surface area contributed by atoms with Crippen molar-refractivity contribution in [2.45, 2.75) is 13.5 Å². The van der Waals surface area contributed by atoms with Gasteiger partial charge in [0.1, 0.15) is 0 Å². The number of aromatic nitrogens is 2. The molecule has 3 rings (SSSR count). The Morgan fingerprint density at radius 1 is 1.09 bits per heavy atom. The van der Waals surface area contributed by atoms with Gasteiger partial charge in [0, 0.05) is 17.7 Å². The highest BCUT2D eigenvalue weighted by Gasteiger charge is 2.11. The van der Waals surface area contributed by atoms with Crippen molar-refractivity contribution in [3.05, 3.63) is 82.0 Å². The van der Waals surface area contributed by atoms with Gasteiger partial charge < -0.3 is 0 Å². The fraction of sp³-hybridized carbons (Fsp3) is 0.118. The maximum Gasteiger partial charge on any atom is 0.269 e. The molecule has 0 N–H and O–H groups in total. The van der Waals surface area contributed by atoms with Crippen LogP contribution in [0, 0.1) is 17.0 Å². The molecule has 0 atom stereocenters. The summed E-state index contributed by atoms with van der Waals surface area (Å²) in [7, 11) is 0. The van der Waals surface area contributed by atoms with E-state index in [-0.39, 0.29) is 5.69 Å². The molecule has 1 aromatic heterocycles. The van der Waals surface area contributed by atoms with E-state index < -0.39 is 4.92 Å². The average Bonchev–Trinajstić information content (AvgIpc) is 2.89. The van der Waals surface area contributed by atoms with Crippen LogP contribution in [-0.2, 0) is 6.54 Å². The monoisotopic (exact) mass is 293 g/mol. The van der Waals surface area contributed by atoms with Gasteiger partial charge >= 0.3 is 0 Å². The predicted octanol–water partition coefficient (Wildman–Crippen LogP) is 3.82. The van der Waals surface area contributed by atoms with Crippen LogP contribution in [0.4, 0.5) is 5.69 Å². The van der Waals surface area contributed by atoms with Crippen molar-refractivity contribution in [1.82, 2.24) is 9.78 Å². The molecule has 0 amide bonds. The van der Waals surface area contributed by atoms with Gasteiger partial charge in [-0.15, -0.1) is 0 Å². The van der Waals surface area contributed by atoms with Gasteiger partial charge in [-0.25, -0.2) is 0 Å². The van der Waals surface area contributed by atoms with Crippen molar-refractivity contribution in [3.63, 3.8) is 0 Å². The molecular formula is C17H15N3O2. The molecule has 0 aliphatic rings. The first kappa shape index (κ1) is 14.0. The molecule has 0 bridgehead atoms. The summed E-state index contributed by atoms with van der Waals surface area (Å²) in [6, 6.07) is 18.6. The first-order valence-electron chi connectivity index (χ1n) is 6.97. The molecular weight excluding hydrogens is 278 g/mol. The summed E-state index contributed by atoms with van der Waals surface area (Å²) in [5.74, 6) is 0. The van der Waals surface area contributed by atoms with Gasteiger partial charge in [0.15, 0.2) is 0 Å². The van der Waals surface area contributed by atoms with Crippen LogP contribution >= 0.6 is 0 Å². The molecule has 0 spiro atoms. The van der Waals surface area contributed by atoms with E-state index in [1.165, 1.54) is 12.1 Å². The summed E-state index contributed by atoms with van der Waals surface area (Å²) in [6.45, 7) is 2.61. The minimum Gasteiger partial charge on any atom is -0.260 e. The fourth-order valence-corrected chi connectivity index (χ4v) is 2.41. The second kappa shape index (κ2) is 5.81. The van der Waals surface area contributed by atoms with E-state index in [4.69, 9.17) is 0 Å². The Bertz CT molecular complexity index is 793. The number of rotatable bonds is 4. The lowest BCUT2D eigenvalue weighted by molar-refractivity contribution is -0.384. The van der Waals surface area contributed by atoms with E-state index >= 15 is 0 Å². The number of hydrogen-bond donors (Lipinski definition) is 0. The zero-order valence-electron chi connectivity index (χ0n) is 12.1. The topological polar surface area (TPSA) is 61.0 Å². The molecule has 2 aromatic carbocycles. The summed E-state index contributed by atoms with van der Waals surface area (Å²) < 4.78 is 1.92. The van der Waals surface area contributed by atoms with Crippen LogP contribution in [0.3, 0.4) is 0 Å². The average molecular weight is 293 g/mol. The smallest absolute Gasteiger partial charge is 0.260 e. The molecule has 0 saturated carbocycles. The van der Waals surface area contributed by atoms with Crippen LogP contribution in [0.5, 0.6) is 0 Å². The second-order valence-electron chi connectivity index (χ2n) is 5.12. The minimum atomic E-state index is -0.393. The van der Waals surface area contributed by atoms with Crippen molar-refractivity contribution in [3.8, 4) is 11.3 Å². The maximum absolute atomic E-state index is 10.7. The molecule has 5 heteroatoms. The van der Waals surface area contributed by atoms with Crippen molar-refractivity contribution >= 4 is 5.69 Å².